The largest absolute Gasteiger partial charge is 0.481 e. The number of aromatic nitrogens is 2. The monoisotopic (exact) mass is 292 g/mol. The van der Waals surface area contributed by atoms with Crippen LogP contribution in [0.4, 0.5) is 24.7 Å². The molecule has 1 fully saturated rings. The number of anilines is 2. The molecule has 1 unspecified atom stereocenters. The lowest BCUT2D eigenvalue weighted by Gasteiger charge is -2.27. The Labute approximate surface area is 110 Å². The van der Waals surface area contributed by atoms with E-state index in [1.807, 2.05) is 0 Å². The lowest BCUT2D eigenvalue weighted by molar-refractivity contribution is -0.225. The van der Waals surface area contributed by atoms with E-state index >= 15 is 0 Å². The van der Waals surface area contributed by atoms with Gasteiger partial charge in [-0.15, -0.1) is 0 Å². The number of nitrogen functional groups attached to an aromatic ring is 1. The fourth-order valence-corrected chi connectivity index (χ4v) is 2.17. The summed E-state index contributed by atoms with van der Waals surface area (Å²) >= 11 is 0. The van der Waals surface area contributed by atoms with E-state index in [1.165, 1.54) is 0 Å². The Morgan fingerprint density at radius 2 is 2.20 bits per heavy atom. The van der Waals surface area contributed by atoms with E-state index in [1.54, 1.807) is 0 Å². The van der Waals surface area contributed by atoms with Crippen LogP contribution in [0.2, 0.25) is 0 Å². The van der Waals surface area contributed by atoms with Gasteiger partial charge in [0.25, 0.3) is 5.56 Å². The second-order valence-electron chi connectivity index (χ2n) is 4.53. The molecule has 0 spiro atoms. The normalized spacial score (nSPS) is 23.1. The minimum Gasteiger partial charge on any atom is -0.481 e. The van der Waals surface area contributed by atoms with Gasteiger partial charge in [0.05, 0.1) is 6.33 Å². The van der Waals surface area contributed by atoms with Crippen LogP contribution in [0.3, 0.4) is 0 Å². The van der Waals surface area contributed by atoms with Crippen molar-refractivity contribution in [2.24, 2.45) is 5.41 Å². The number of alkyl halides is 3. The number of carboxylic acid groups (broad SMARTS) is 1. The summed E-state index contributed by atoms with van der Waals surface area (Å²) < 4.78 is 39.0. The van der Waals surface area contributed by atoms with Crippen molar-refractivity contribution < 1.29 is 23.1 Å². The molecule has 10 heteroatoms. The van der Waals surface area contributed by atoms with Gasteiger partial charge >= 0.3 is 12.1 Å². The van der Waals surface area contributed by atoms with E-state index in [2.05, 4.69) is 9.97 Å². The van der Waals surface area contributed by atoms with Crippen molar-refractivity contribution in [2.75, 3.05) is 23.7 Å². The summed E-state index contributed by atoms with van der Waals surface area (Å²) in [4.78, 5) is 29.3. The standard InChI is InChI=1S/C10H11F3N4O3/c11-10(12,13)9(8(19)20)1-2-17(3-9)6-5(14)7(18)16-4-15-6/h4H,1-3,14H2,(H,19,20)(H,15,16,18). The summed E-state index contributed by atoms with van der Waals surface area (Å²) in [5.41, 5.74) is 1.57. The van der Waals surface area contributed by atoms with Gasteiger partial charge in [-0.1, -0.05) is 0 Å². The molecule has 4 N–H and O–H groups in total. The zero-order valence-electron chi connectivity index (χ0n) is 10.1. The minimum atomic E-state index is -4.90. The van der Waals surface area contributed by atoms with Crippen LogP contribution in [0, 0.1) is 5.41 Å². The van der Waals surface area contributed by atoms with E-state index in [0.29, 0.717) is 0 Å². The number of nitrogens with zero attached hydrogens (tertiary/aromatic N) is 2. The SMILES string of the molecule is Nc1c(N2CCC(C(=O)O)(C(F)(F)F)C2)nc[nH]c1=O. The van der Waals surface area contributed by atoms with E-state index in [4.69, 9.17) is 10.8 Å². The minimum absolute atomic E-state index is 0.138. The number of nitrogens with one attached hydrogen (secondary N) is 1. The van der Waals surface area contributed by atoms with Crippen LogP contribution >= 0.6 is 0 Å². The average Bonchev–Trinajstić information content (AvgIpc) is 2.78. The molecule has 1 saturated heterocycles. The maximum absolute atomic E-state index is 13.0. The van der Waals surface area contributed by atoms with Crippen LogP contribution in [0.5, 0.6) is 0 Å². The smallest absolute Gasteiger partial charge is 0.406 e. The first kappa shape index (κ1) is 14.2. The predicted molar refractivity (Wildman–Crippen MR) is 62.2 cm³/mol. The number of halogens is 3. The highest BCUT2D eigenvalue weighted by atomic mass is 19.4. The number of carboxylic acids is 1. The quantitative estimate of drug-likeness (QED) is 0.717. The van der Waals surface area contributed by atoms with Gasteiger partial charge in [0, 0.05) is 13.1 Å². The van der Waals surface area contributed by atoms with Gasteiger partial charge in [-0.05, 0) is 6.42 Å². The molecule has 0 aromatic carbocycles. The fourth-order valence-electron chi connectivity index (χ4n) is 2.17. The number of nitrogens with two attached hydrogens (primary N) is 1. The van der Waals surface area contributed by atoms with Crippen LogP contribution in [0.1, 0.15) is 6.42 Å². The first-order valence-electron chi connectivity index (χ1n) is 5.57. The lowest BCUT2D eigenvalue weighted by atomic mass is 9.86. The maximum atomic E-state index is 13.0. The second-order valence-corrected chi connectivity index (χ2v) is 4.53. The third kappa shape index (κ3) is 1.96. The van der Waals surface area contributed by atoms with Crippen molar-refractivity contribution in [2.45, 2.75) is 12.6 Å². The molecule has 20 heavy (non-hydrogen) atoms. The molecule has 7 nitrogen and oxygen atoms in total. The van der Waals surface area contributed by atoms with Crippen molar-refractivity contribution in [1.82, 2.24) is 9.97 Å². The Kier molecular flexibility index (Phi) is 3.11. The van der Waals surface area contributed by atoms with E-state index in [-0.39, 0.29) is 18.1 Å². The Morgan fingerprint density at radius 1 is 1.55 bits per heavy atom. The zero-order chi connectivity index (χ0) is 15.1. The molecule has 0 bridgehead atoms. The second kappa shape index (κ2) is 4.39. The Bertz CT molecular complexity index is 600. The van der Waals surface area contributed by atoms with Crippen LogP contribution in [0.25, 0.3) is 0 Å². The molecule has 1 aromatic heterocycles. The molecule has 0 aliphatic carbocycles. The van der Waals surface area contributed by atoms with Gasteiger partial charge in [-0.3, -0.25) is 9.59 Å². The Morgan fingerprint density at radius 3 is 2.70 bits per heavy atom. The number of rotatable bonds is 2. The number of carbonyl (C=O) groups is 1. The molecule has 1 aliphatic heterocycles. The van der Waals surface area contributed by atoms with Crippen molar-refractivity contribution >= 4 is 17.5 Å². The lowest BCUT2D eigenvalue weighted by Crippen LogP contribution is -2.47. The molecular formula is C10H11F3N4O3. The maximum Gasteiger partial charge on any atom is 0.406 e. The highest BCUT2D eigenvalue weighted by Gasteiger charge is 2.64. The molecule has 1 atom stereocenters. The molecule has 0 amide bonds. The summed E-state index contributed by atoms with van der Waals surface area (Å²) in [6, 6.07) is 0. The van der Waals surface area contributed by atoms with E-state index in [0.717, 1.165) is 11.2 Å². The molecule has 110 valence electrons. The van der Waals surface area contributed by atoms with Crippen LogP contribution in [0.15, 0.2) is 11.1 Å². The van der Waals surface area contributed by atoms with Gasteiger partial charge in [-0.2, -0.15) is 13.2 Å². The third-order valence-corrected chi connectivity index (χ3v) is 3.39. The highest BCUT2D eigenvalue weighted by Crippen LogP contribution is 2.46. The van der Waals surface area contributed by atoms with Gasteiger partial charge in [0.15, 0.2) is 11.2 Å². The van der Waals surface area contributed by atoms with Crippen LogP contribution in [-0.2, 0) is 4.79 Å². The number of aliphatic carboxylic acids is 1. The number of hydrogen-bond donors (Lipinski definition) is 3. The first-order valence-corrected chi connectivity index (χ1v) is 5.57. The summed E-state index contributed by atoms with van der Waals surface area (Å²) in [6.45, 7) is -1.03. The Balaban J connectivity index is 2.39. The Hall–Kier alpha value is -2.26. The molecule has 0 radical (unpaired) electrons. The molecule has 2 heterocycles. The van der Waals surface area contributed by atoms with Gasteiger partial charge in [-0.25, -0.2) is 4.98 Å². The third-order valence-electron chi connectivity index (χ3n) is 3.39. The summed E-state index contributed by atoms with van der Waals surface area (Å²) in [5, 5.41) is 8.92. The average molecular weight is 292 g/mol. The first-order chi connectivity index (χ1) is 9.19. The van der Waals surface area contributed by atoms with E-state index < -0.39 is 36.1 Å². The molecular weight excluding hydrogens is 281 g/mol. The van der Waals surface area contributed by atoms with Crippen molar-refractivity contribution in [3.05, 3.63) is 16.7 Å². The topological polar surface area (TPSA) is 112 Å². The van der Waals surface area contributed by atoms with Crippen molar-refractivity contribution in [1.29, 1.82) is 0 Å². The van der Waals surface area contributed by atoms with Crippen LogP contribution < -0.4 is 16.2 Å². The zero-order valence-corrected chi connectivity index (χ0v) is 10.1. The molecule has 1 aromatic rings. The van der Waals surface area contributed by atoms with Gasteiger partial charge < -0.3 is 20.7 Å². The predicted octanol–water partition coefficient (Wildman–Crippen LogP) is 0.196. The van der Waals surface area contributed by atoms with E-state index in [9.17, 15) is 22.8 Å². The molecule has 1 aliphatic rings. The fraction of sp³-hybridized carbons (Fsp3) is 0.500. The van der Waals surface area contributed by atoms with Crippen molar-refractivity contribution in [3.8, 4) is 0 Å². The summed E-state index contributed by atoms with van der Waals surface area (Å²) in [7, 11) is 0. The van der Waals surface area contributed by atoms with Gasteiger partial charge in [0.1, 0.15) is 5.69 Å². The highest BCUT2D eigenvalue weighted by molar-refractivity contribution is 5.78. The summed E-state index contributed by atoms with van der Waals surface area (Å²) in [6.07, 6.45) is -4.52. The van der Waals surface area contributed by atoms with Crippen LogP contribution in [-0.4, -0.2) is 40.3 Å². The van der Waals surface area contributed by atoms with Gasteiger partial charge in [0.2, 0.25) is 0 Å². The summed E-state index contributed by atoms with van der Waals surface area (Å²) in [5.74, 6) is -2.09. The molecule has 0 saturated carbocycles. The molecule has 2 rings (SSSR count). The number of hydrogen-bond acceptors (Lipinski definition) is 5. The number of aromatic amines is 1. The number of H-pyrrole nitrogens is 1. The van der Waals surface area contributed by atoms with Crippen molar-refractivity contribution in [3.63, 3.8) is 0 Å².